The number of alkyl halides is 2. The normalized spacial score (nSPS) is 10.6. The highest BCUT2D eigenvalue weighted by atomic mass is 19.3. The van der Waals surface area contributed by atoms with Crippen LogP contribution in [0.1, 0.15) is 29.3 Å². The van der Waals surface area contributed by atoms with Gasteiger partial charge in [-0.1, -0.05) is 0 Å². The summed E-state index contributed by atoms with van der Waals surface area (Å²) in [5, 5.41) is 0. The minimum absolute atomic E-state index is 0.141. The average Bonchev–Trinajstić information content (AvgIpc) is 2.20. The van der Waals surface area contributed by atoms with Crippen molar-refractivity contribution < 1.29 is 27.1 Å². The Balaban J connectivity index is 3.34. The zero-order chi connectivity index (χ0) is 12.3. The Bertz CT molecular complexity index is 409. The molecule has 88 valence electrons. The summed E-state index contributed by atoms with van der Waals surface area (Å²) in [5.74, 6) is -4.28. The van der Waals surface area contributed by atoms with Gasteiger partial charge < -0.3 is 4.74 Å². The van der Waals surface area contributed by atoms with Crippen molar-refractivity contribution in [1.29, 1.82) is 0 Å². The van der Waals surface area contributed by atoms with Crippen molar-refractivity contribution in [2.24, 2.45) is 0 Å². The van der Waals surface area contributed by atoms with Gasteiger partial charge in [-0.2, -0.15) is 4.39 Å². The molecule has 16 heavy (non-hydrogen) atoms. The van der Waals surface area contributed by atoms with Gasteiger partial charge in [0.25, 0.3) is 6.43 Å². The predicted molar refractivity (Wildman–Crippen MR) is 45.1 cm³/mol. The van der Waals surface area contributed by atoms with Crippen LogP contribution in [-0.4, -0.2) is 17.6 Å². The maximum atomic E-state index is 13.1. The predicted octanol–water partition coefficient (Wildman–Crippen LogP) is 2.47. The molecule has 0 bridgehead atoms. The van der Waals surface area contributed by atoms with Crippen LogP contribution in [0.3, 0.4) is 0 Å². The molecule has 3 nitrogen and oxygen atoms in total. The second-order valence-electron chi connectivity index (χ2n) is 2.71. The smallest absolute Gasteiger partial charge is 0.343 e. The molecule has 0 aliphatic carbocycles. The van der Waals surface area contributed by atoms with Crippen LogP contribution >= 0.6 is 0 Å². The van der Waals surface area contributed by atoms with Crippen LogP contribution in [0.4, 0.5) is 17.6 Å². The van der Waals surface area contributed by atoms with Crippen molar-refractivity contribution >= 4 is 5.97 Å². The van der Waals surface area contributed by atoms with Crippen LogP contribution in [0, 0.1) is 11.8 Å². The van der Waals surface area contributed by atoms with Crippen molar-refractivity contribution in [1.82, 2.24) is 4.98 Å². The summed E-state index contributed by atoms with van der Waals surface area (Å²) < 4.78 is 55.2. The van der Waals surface area contributed by atoms with Gasteiger partial charge >= 0.3 is 5.97 Å². The quantitative estimate of drug-likeness (QED) is 0.460. The number of hydrogen-bond acceptors (Lipinski definition) is 3. The van der Waals surface area contributed by atoms with Crippen LogP contribution in [0.15, 0.2) is 6.20 Å². The Hall–Kier alpha value is -1.66. The molecule has 0 unspecified atom stereocenters. The number of hydrogen-bond donors (Lipinski definition) is 0. The molecule has 1 heterocycles. The van der Waals surface area contributed by atoms with Crippen molar-refractivity contribution in [2.75, 3.05) is 6.61 Å². The van der Waals surface area contributed by atoms with Gasteiger partial charge in [-0.25, -0.2) is 22.9 Å². The molecule has 0 aromatic carbocycles. The van der Waals surface area contributed by atoms with E-state index in [4.69, 9.17) is 0 Å². The minimum Gasteiger partial charge on any atom is -0.462 e. The average molecular weight is 237 g/mol. The summed E-state index contributed by atoms with van der Waals surface area (Å²) >= 11 is 0. The van der Waals surface area contributed by atoms with Gasteiger partial charge in [-0.05, 0) is 6.92 Å². The third-order valence-corrected chi connectivity index (χ3v) is 1.72. The zero-order valence-electron chi connectivity index (χ0n) is 8.14. The van der Waals surface area contributed by atoms with Crippen LogP contribution in [-0.2, 0) is 4.74 Å². The Morgan fingerprint density at radius 2 is 2.12 bits per heavy atom. The van der Waals surface area contributed by atoms with Crippen LogP contribution in [0.25, 0.3) is 0 Å². The third-order valence-electron chi connectivity index (χ3n) is 1.72. The molecule has 0 aliphatic heterocycles. The molecule has 0 saturated heterocycles. The molecule has 7 heteroatoms. The lowest BCUT2D eigenvalue weighted by Crippen LogP contribution is -2.14. The Kier molecular flexibility index (Phi) is 3.81. The van der Waals surface area contributed by atoms with Crippen molar-refractivity contribution in [2.45, 2.75) is 13.3 Å². The van der Waals surface area contributed by atoms with Gasteiger partial charge in [0.2, 0.25) is 5.95 Å². The molecular weight excluding hydrogens is 230 g/mol. The Labute approximate surface area is 88.0 Å². The first kappa shape index (κ1) is 12.4. The molecule has 0 aliphatic rings. The largest absolute Gasteiger partial charge is 0.462 e. The van der Waals surface area contributed by atoms with Gasteiger partial charge in [0, 0.05) is 0 Å². The first-order chi connectivity index (χ1) is 7.49. The molecule has 0 amide bonds. The molecule has 0 saturated carbocycles. The molecule has 0 spiro atoms. The molecule has 1 aromatic heterocycles. The maximum Gasteiger partial charge on any atom is 0.343 e. The Morgan fingerprint density at radius 1 is 1.50 bits per heavy atom. The zero-order valence-corrected chi connectivity index (χ0v) is 8.14. The van der Waals surface area contributed by atoms with Crippen molar-refractivity contribution in [3.8, 4) is 0 Å². The number of halogens is 4. The van der Waals surface area contributed by atoms with Crippen LogP contribution < -0.4 is 0 Å². The van der Waals surface area contributed by atoms with E-state index in [0.29, 0.717) is 6.20 Å². The number of ether oxygens (including phenoxy) is 1. The van der Waals surface area contributed by atoms with E-state index in [9.17, 15) is 22.4 Å². The number of pyridine rings is 1. The lowest BCUT2D eigenvalue weighted by Gasteiger charge is -2.09. The fourth-order valence-electron chi connectivity index (χ4n) is 1.09. The van der Waals surface area contributed by atoms with Gasteiger partial charge in [0.15, 0.2) is 5.82 Å². The summed E-state index contributed by atoms with van der Waals surface area (Å²) in [4.78, 5) is 14.0. The third kappa shape index (κ3) is 2.29. The van der Waals surface area contributed by atoms with E-state index in [1.54, 1.807) is 0 Å². The topological polar surface area (TPSA) is 39.2 Å². The number of aromatic nitrogens is 1. The van der Waals surface area contributed by atoms with Crippen molar-refractivity contribution in [3.63, 3.8) is 0 Å². The van der Waals surface area contributed by atoms with Crippen molar-refractivity contribution in [3.05, 3.63) is 29.1 Å². The second kappa shape index (κ2) is 4.91. The van der Waals surface area contributed by atoms with E-state index in [1.807, 2.05) is 0 Å². The Morgan fingerprint density at radius 3 is 2.62 bits per heavy atom. The highest BCUT2D eigenvalue weighted by molar-refractivity contribution is 5.91. The van der Waals surface area contributed by atoms with Gasteiger partial charge in [-0.15, -0.1) is 0 Å². The fourth-order valence-corrected chi connectivity index (χ4v) is 1.09. The summed E-state index contributed by atoms with van der Waals surface area (Å²) in [6.45, 7) is 1.27. The maximum absolute atomic E-state index is 13.1. The highest BCUT2D eigenvalue weighted by Gasteiger charge is 2.28. The monoisotopic (exact) mass is 237 g/mol. The summed E-state index contributed by atoms with van der Waals surface area (Å²) in [6, 6.07) is 0. The molecular formula is C9H7F4NO2. The molecule has 0 atom stereocenters. The first-order valence-electron chi connectivity index (χ1n) is 4.28. The van der Waals surface area contributed by atoms with Crippen LogP contribution in [0.5, 0.6) is 0 Å². The van der Waals surface area contributed by atoms with Gasteiger partial charge in [0.1, 0.15) is 5.56 Å². The number of esters is 1. The summed E-state index contributed by atoms with van der Waals surface area (Å²) in [5.41, 5.74) is -2.48. The minimum atomic E-state index is -3.32. The van der Waals surface area contributed by atoms with Crippen LogP contribution in [0.2, 0.25) is 0 Å². The first-order valence-corrected chi connectivity index (χ1v) is 4.28. The van der Waals surface area contributed by atoms with E-state index < -0.39 is 35.3 Å². The number of rotatable bonds is 3. The van der Waals surface area contributed by atoms with E-state index >= 15 is 0 Å². The molecule has 0 radical (unpaired) electrons. The van der Waals surface area contributed by atoms with Gasteiger partial charge in [-0.3, -0.25) is 0 Å². The summed E-state index contributed by atoms with van der Waals surface area (Å²) in [7, 11) is 0. The molecule has 1 rings (SSSR count). The SMILES string of the molecule is CCOC(=O)c1c(F)ncc(F)c1C(F)F. The van der Waals surface area contributed by atoms with E-state index in [2.05, 4.69) is 9.72 Å². The van der Waals surface area contributed by atoms with E-state index in [-0.39, 0.29) is 6.61 Å². The molecule has 0 fully saturated rings. The standard InChI is InChI=1S/C9H7F4NO2/c1-2-16-9(15)6-5(7(11)12)4(10)3-14-8(6)13/h3,7H,2H2,1H3. The number of carbonyl (C=O) groups excluding carboxylic acids is 1. The van der Waals surface area contributed by atoms with E-state index in [1.165, 1.54) is 6.92 Å². The number of nitrogens with zero attached hydrogens (tertiary/aromatic N) is 1. The lowest BCUT2D eigenvalue weighted by atomic mass is 10.1. The fraction of sp³-hybridized carbons (Fsp3) is 0.333. The number of carbonyl (C=O) groups is 1. The molecule has 0 N–H and O–H groups in total. The highest BCUT2D eigenvalue weighted by Crippen LogP contribution is 2.27. The second-order valence-corrected chi connectivity index (χ2v) is 2.71. The molecule has 1 aromatic rings. The van der Waals surface area contributed by atoms with Gasteiger partial charge in [0.05, 0.1) is 18.4 Å². The van der Waals surface area contributed by atoms with E-state index in [0.717, 1.165) is 0 Å². The lowest BCUT2D eigenvalue weighted by molar-refractivity contribution is 0.0505. The summed E-state index contributed by atoms with van der Waals surface area (Å²) in [6.07, 6.45) is -3.03.